The first-order valence-electron chi connectivity index (χ1n) is 7.13. The second kappa shape index (κ2) is 6.38. The fourth-order valence-electron chi connectivity index (χ4n) is 2.78. The Morgan fingerprint density at radius 3 is 2.72 bits per heavy atom. The van der Waals surface area contributed by atoms with Gasteiger partial charge in [0.25, 0.3) is 0 Å². The van der Waals surface area contributed by atoms with Crippen molar-refractivity contribution in [3.8, 4) is 0 Å². The highest BCUT2D eigenvalue weighted by Crippen LogP contribution is 2.25. The van der Waals surface area contributed by atoms with Crippen LogP contribution in [0, 0.1) is 0 Å². The van der Waals surface area contributed by atoms with Crippen molar-refractivity contribution in [2.45, 2.75) is 63.5 Å². The molecule has 0 radical (unpaired) electrons. The zero-order chi connectivity index (χ0) is 12.8. The highest BCUT2D eigenvalue weighted by molar-refractivity contribution is 5.79. The third-order valence-electron chi connectivity index (χ3n) is 3.95. The van der Waals surface area contributed by atoms with Gasteiger partial charge in [0.2, 0.25) is 5.96 Å². The van der Waals surface area contributed by atoms with Crippen molar-refractivity contribution in [2.75, 3.05) is 13.2 Å². The Kier molecular flexibility index (Phi) is 4.83. The first-order chi connectivity index (χ1) is 8.72. The molecule has 0 spiro atoms. The number of hydrogen-bond acceptors (Lipinski definition) is 3. The van der Waals surface area contributed by atoms with E-state index in [0.29, 0.717) is 18.5 Å². The molecule has 1 atom stereocenters. The van der Waals surface area contributed by atoms with E-state index in [2.05, 4.69) is 22.7 Å². The molecule has 0 aromatic carbocycles. The molecule has 0 amide bonds. The van der Waals surface area contributed by atoms with E-state index in [1.807, 2.05) is 0 Å². The summed E-state index contributed by atoms with van der Waals surface area (Å²) >= 11 is 0. The summed E-state index contributed by atoms with van der Waals surface area (Å²) in [4.78, 5) is 4.53. The van der Waals surface area contributed by atoms with Crippen molar-refractivity contribution in [2.24, 2.45) is 10.8 Å². The predicted molar refractivity (Wildman–Crippen MR) is 73.2 cm³/mol. The Labute approximate surface area is 110 Å². The van der Waals surface area contributed by atoms with Gasteiger partial charge in [-0.1, -0.05) is 19.3 Å². The molecule has 1 heterocycles. The van der Waals surface area contributed by atoms with Gasteiger partial charge in [-0.25, -0.2) is 10.8 Å². The van der Waals surface area contributed by atoms with Crippen molar-refractivity contribution in [3.05, 3.63) is 0 Å². The molecule has 2 fully saturated rings. The lowest BCUT2D eigenvalue weighted by Crippen LogP contribution is -2.47. The number of aliphatic imine (C=N–C) groups is 1. The maximum absolute atomic E-state index is 5.72. The third kappa shape index (κ3) is 3.85. The number of nitrogens with zero attached hydrogens (tertiary/aromatic N) is 1. The number of nitrogens with two attached hydrogens (primary N) is 1. The van der Waals surface area contributed by atoms with Gasteiger partial charge in [-0.15, -0.1) is 0 Å². The summed E-state index contributed by atoms with van der Waals surface area (Å²) in [7, 11) is 0. The average molecular weight is 254 g/mol. The van der Waals surface area contributed by atoms with Gasteiger partial charge >= 0.3 is 0 Å². The van der Waals surface area contributed by atoms with Gasteiger partial charge in [-0.05, 0) is 32.6 Å². The highest BCUT2D eigenvalue weighted by Gasteiger charge is 2.29. The standard InChI is InChI=1S/C13H26N4O/c1-13(8-5-9-18-13)10-15-12(17-14)16-11-6-3-2-4-7-11/h11H,2-10,14H2,1H3,(H2,15,16,17). The van der Waals surface area contributed by atoms with E-state index >= 15 is 0 Å². The quantitative estimate of drug-likeness (QED) is 0.307. The number of rotatable bonds is 3. The zero-order valence-corrected chi connectivity index (χ0v) is 11.4. The van der Waals surface area contributed by atoms with Crippen LogP contribution in [-0.4, -0.2) is 30.8 Å². The van der Waals surface area contributed by atoms with Gasteiger partial charge < -0.3 is 10.1 Å². The van der Waals surface area contributed by atoms with Crippen LogP contribution in [0.4, 0.5) is 0 Å². The number of hydrazine groups is 1. The van der Waals surface area contributed by atoms with Crippen molar-refractivity contribution in [3.63, 3.8) is 0 Å². The van der Waals surface area contributed by atoms with Gasteiger partial charge in [0.05, 0.1) is 12.1 Å². The Bertz CT molecular complexity index is 281. The molecule has 1 saturated carbocycles. The molecule has 2 aliphatic rings. The number of guanidine groups is 1. The van der Waals surface area contributed by atoms with Crippen LogP contribution in [0.2, 0.25) is 0 Å². The molecule has 2 rings (SSSR count). The minimum Gasteiger partial charge on any atom is -0.373 e. The third-order valence-corrected chi connectivity index (χ3v) is 3.95. The molecule has 1 unspecified atom stereocenters. The van der Waals surface area contributed by atoms with E-state index in [1.165, 1.54) is 32.1 Å². The summed E-state index contributed by atoms with van der Waals surface area (Å²) in [6.07, 6.45) is 8.60. The van der Waals surface area contributed by atoms with Crippen LogP contribution < -0.4 is 16.6 Å². The Morgan fingerprint density at radius 1 is 1.33 bits per heavy atom. The van der Waals surface area contributed by atoms with Gasteiger partial charge in [0, 0.05) is 12.6 Å². The van der Waals surface area contributed by atoms with Crippen LogP contribution in [0.15, 0.2) is 4.99 Å². The van der Waals surface area contributed by atoms with Gasteiger partial charge in [0.1, 0.15) is 0 Å². The largest absolute Gasteiger partial charge is 0.373 e. The average Bonchev–Trinajstić information content (AvgIpc) is 2.83. The summed E-state index contributed by atoms with van der Waals surface area (Å²) in [5, 5.41) is 3.41. The van der Waals surface area contributed by atoms with E-state index in [0.717, 1.165) is 19.4 Å². The molecule has 1 aliphatic heterocycles. The maximum Gasteiger partial charge on any atom is 0.206 e. The summed E-state index contributed by atoms with van der Waals surface area (Å²) in [6.45, 7) is 3.65. The maximum atomic E-state index is 5.72. The summed E-state index contributed by atoms with van der Waals surface area (Å²) in [5.74, 6) is 6.24. The Morgan fingerprint density at radius 2 is 2.11 bits per heavy atom. The zero-order valence-electron chi connectivity index (χ0n) is 11.4. The lowest BCUT2D eigenvalue weighted by atomic mass is 9.96. The SMILES string of the molecule is CC1(CN=C(NN)NC2CCCCC2)CCCO1. The fourth-order valence-corrected chi connectivity index (χ4v) is 2.78. The molecule has 0 aromatic heterocycles. The van der Waals surface area contributed by atoms with Crippen LogP contribution >= 0.6 is 0 Å². The topological polar surface area (TPSA) is 71.7 Å². The summed E-state index contributed by atoms with van der Waals surface area (Å²) in [6, 6.07) is 0.519. The second-order valence-corrected chi connectivity index (χ2v) is 5.69. The fraction of sp³-hybridized carbons (Fsp3) is 0.923. The van der Waals surface area contributed by atoms with E-state index < -0.39 is 0 Å². The smallest absolute Gasteiger partial charge is 0.206 e. The minimum atomic E-state index is -0.101. The van der Waals surface area contributed by atoms with Crippen LogP contribution in [-0.2, 0) is 4.74 Å². The molecule has 0 bridgehead atoms. The monoisotopic (exact) mass is 254 g/mol. The molecule has 18 heavy (non-hydrogen) atoms. The molecule has 5 nitrogen and oxygen atoms in total. The molecular formula is C13H26N4O. The van der Waals surface area contributed by atoms with E-state index in [1.54, 1.807) is 0 Å². The summed E-state index contributed by atoms with van der Waals surface area (Å²) < 4.78 is 5.72. The van der Waals surface area contributed by atoms with E-state index in [-0.39, 0.29) is 5.60 Å². The first-order valence-corrected chi connectivity index (χ1v) is 7.13. The number of ether oxygens (including phenoxy) is 1. The molecule has 1 saturated heterocycles. The highest BCUT2D eigenvalue weighted by atomic mass is 16.5. The van der Waals surface area contributed by atoms with E-state index in [4.69, 9.17) is 10.6 Å². The number of hydrogen-bond donors (Lipinski definition) is 3. The van der Waals surface area contributed by atoms with Crippen LogP contribution in [0.5, 0.6) is 0 Å². The molecule has 4 N–H and O–H groups in total. The second-order valence-electron chi connectivity index (χ2n) is 5.69. The lowest BCUT2D eigenvalue weighted by Gasteiger charge is -2.25. The lowest BCUT2D eigenvalue weighted by molar-refractivity contribution is 0.0283. The van der Waals surface area contributed by atoms with Crippen molar-refractivity contribution in [1.29, 1.82) is 0 Å². The normalized spacial score (nSPS) is 30.4. The van der Waals surface area contributed by atoms with Crippen molar-refractivity contribution >= 4 is 5.96 Å². The molecule has 5 heteroatoms. The van der Waals surface area contributed by atoms with E-state index in [9.17, 15) is 0 Å². The first kappa shape index (κ1) is 13.6. The van der Waals surface area contributed by atoms with Gasteiger partial charge in [-0.3, -0.25) is 5.43 Å². The van der Waals surface area contributed by atoms with Crippen LogP contribution in [0.1, 0.15) is 51.9 Å². The van der Waals surface area contributed by atoms with Crippen LogP contribution in [0.3, 0.4) is 0 Å². The molecule has 104 valence electrons. The Balaban J connectivity index is 1.82. The molecular weight excluding hydrogens is 228 g/mol. The van der Waals surface area contributed by atoms with Gasteiger partial charge in [0.15, 0.2) is 0 Å². The predicted octanol–water partition coefficient (Wildman–Crippen LogP) is 1.30. The summed E-state index contributed by atoms with van der Waals surface area (Å²) in [5.41, 5.74) is 2.57. The Hall–Kier alpha value is -0.810. The van der Waals surface area contributed by atoms with Gasteiger partial charge in [-0.2, -0.15) is 0 Å². The number of nitrogens with one attached hydrogen (secondary N) is 2. The minimum absolute atomic E-state index is 0.101. The molecule has 1 aliphatic carbocycles. The van der Waals surface area contributed by atoms with Crippen LogP contribution in [0.25, 0.3) is 0 Å². The van der Waals surface area contributed by atoms with Crippen molar-refractivity contribution < 1.29 is 4.74 Å². The van der Waals surface area contributed by atoms with Crippen molar-refractivity contribution in [1.82, 2.24) is 10.7 Å². The molecule has 0 aromatic rings.